The highest BCUT2D eigenvalue weighted by atomic mass is 32.2. The van der Waals surface area contributed by atoms with Crippen molar-refractivity contribution in [2.75, 3.05) is 31.1 Å². The van der Waals surface area contributed by atoms with Gasteiger partial charge in [-0.05, 0) is 66.6 Å². The number of rotatable bonds is 5. The van der Waals surface area contributed by atoms with Crippen LogP contribution >= 0.6 is 0 Å². The van der Waals surface area contributed by atoms with Gasteiger partial charge in [0.25, 0.3) is 0 Å². The summed E-state index contributed by atoms with van der Waals surface area (Å²) in [5.74, 6) is 0.904. The number of nitrogens with zero attached hydrogens (tertiary/aromatic N) is 4. The van der Waals surface area contributed by atoms with Gasteiger partial charge in [-0.2, -0.15) is 4.31 Å². The molecule has 0 saturated carbocycles. The number of aromatic nitrogens is 2. The van der Waals surface area contributed by atoms with Crippen LogP contribution in [0.5, 0.6) is 0 Å². The summed E-state index contributed by atoms with van der Waals surface area (Å²) in [7, 11) is -3.50. The minimum atomic E-state index is -3.50. The van der Waals surface area contributed by atoms with Crippen LogP contribution in [0.1, 0.15) is 29.5 Å². The molecule has 0 amide bonds. The van der Waals surface area contributed by atoms with Crippen molar-refractivity contribution in [1.82, 2.24) is 13.9 Å². The van der Waals surface area contributed by atoms with Crippen molar-refractivity contribution >= 4 is 27.0 Å². The van der Waals surface area contributed by atoms with Crippen molar-refractivity contribution in [2.24, 2.45) is 0 Å². The SMILES string of the molecule is O=S(=O)(c1ccc2c(c1)CCCC2)N1CCN(c2nc3ccccc3n2Cc2ccccc2)CC1. The number of aryl methyl sites for hydroxylation is 2. The number of hydrogen-bond donors (Lipinski definition) is 0. The molecule has 0 radical (unpaired) electrons. The van der Waals surface area contributed by atoms with Crippen molar-refractivity contribution in [3.8, 4) is 0 Å². The van der Waals surface area contributed by atoms with Gasteiger partial charge >= 0.3 is 0 Å². The molecule has 0 bridgehead atoms. The average Bonchev–Trinajstić information content (AvgIpc) is 3.27. The standard InChI is InChI=1S/C28H30N4O2S/c33-35(34,25-15-14-23-10-4-5-11-24(23)20-25)31-18-16-30(17-19-31)28-29-26-12-6-7-13-27(26)32(28)21-22-8-2-1-3-9-22/h1-3,6-9,12-15,20H,4-5,10-11,16-19,21H2. The van der Waals surface area contributed by atoms with Crippen LogP contribution in [0, 0.1) is 0 Å². The first-order valence-corrected chi connectivity index (χ1v) is 13.9. The fourth-order valence-electron chi connectivity index (χ4n) is 5.37. The highest BCUT2D eigenvalue weighted by Gasteiger charge is 2.31. The Labute approximate surface area is 206 Å². The summed E-state index contributed by atoms with van der Waals surface area (Å²) in [6.07, 6.45) is 4.36. The van der Waals surface area contributed by atoms with E-state index in [1.54, 1.807) is 10.4 Å². The zero-order valence-electron chi connectivity index (χ0n) is 19.8. The zero-order chi connectivity index (χ0) is 23.8. The summed E-state index contributed by atoms with van der Waals surface area (Å²) in [4.78, 5) is 7.60. The van der Waals surface area contributed by atoms with Gasteiger partial charge in [0.15, 0.2) is 0 Å². The molecule has 1 saturated heterocycles. The Morgan fingerprint density at radius 2 is 1.49 bits per heavy atom. The van der Waals surface area contributed by atoms with E-state index in [-0.39, 0.29) is 0 Å². The minimum Gasteiger partial charge on any atom is -0.340 e. The molecule has 0 atom stereocenters. The Bertz CT molecular complexity index is 1460. The Kier molecular flexibility index (Phi) is 5.82. The van der Waals surface area contributed by atoms with Gasteiger partial charge in [-0.15, -0.1) is 0 Å². The smallest absolute Gasteiger partial charge is 0.243 e. The molecular formula is C28H30N4O2S. The van der Waals surface area contributed by atoms with E-state index in [0.717, 1.165) is 42.8 Å². The first kappa shape index (κ1) is 22.3. The van der Waals surface area contributed by atoms with E-state index in [2.05, 4.69) is 39.8 Å². The van der Waals surface area contributed by atoms with Gasteiger partial charge in [-0.3, -0.25) is 0 Å². The molecule has 6 nitrogen and oxygen atoms in total. The maximum absolute atomic E-state index is 13.5. The second-order valence-corrected chi connectivity index (χ2v) is 11.4. The van der Waals surface area contributed by atoms with E-state index >= 15 is 0 Å². The Morgan fingerprint density at radius 3 is 2.29 bits per heavy atom. The number of anilines is 1. The Hall–Kier alpha value is -3.16. The van der Waals surface area contributed by atoms with Crippen LogP contribution in [0.25, 0.3) is 11.0 Å². The zero-order valence-corrected chi connectivity index (χ0v) is 20.6. The predicted molar refractivity (Wildman–Crippen MR) is 139 cm³/mol. The van der Waals surface area contributed by atoms with Crippen LogP contribution < -0.4 is 4.90 Å². The first-order chi connectivity index (χ1) is 17.1. The molecule has 2 aliphatic rings. The largest absolute Gasteiger partial charge is 0.340 e. The molecule has 35 heavy (non-hydrogen) atoms. The fraction of sp³-hybridized carbons (Fsp3) is 0.321. The van der Waals surface area contributed by atoms with Gasteiger partial charge in [0.2, 0.25) is 16.0 Å². The fourth-order valence-corrected chi connectivity index (χ4v) is 6.85. The molecule has 0 N–H and O–H groups in total. The molecule has 2 heterocycles. The number of para-hydroxylation sites is 2. The number of fused-ring (bicyclic) bond motifs is 2. The average molecular weight is 487 g/mol. The maximum atomic E-state index is 13.5. The number of hydrogen-bond acceptors (Lipinski definition) is 4. The monoisotopic (exact) mass is 486 g/mol. The normalized spacial score (nSPS) is 17.0. The topological polar surface area (TPSA) is 58.4 Å². The van der Waals surface area contributed by atoms with E-state index in [9.17, 15) is 8.42 Å². The van der Waals surface area contributed by atoms with Gasteiger partial charge in [0.1, 0.15) is 0 Å². The summed E-state index contributed by atoms with van der Waals surface area (Å²) < 4.78 is 30.8. The van der Waals surface area contributed by atoms with Crippen LogP contribution in [-0.4, -0.2) is 48.5 Å². The number of piperazine rings is 1. The van der Waals surface area contributed by atoms with Gasteiger partial charge in [0, 0.05) is 26.2 Å². The van der Waals surface area contributed by atoms with Crippen LogP contribution in [0.15, 0.2) is 77.7 Å². The summed E-state index contributed by atoms with van der Waals surface area (Å²) in [5, 5.41) is 0. The van der Waals surface area contributed by atoms with Gasteiger partial charge in [-0.1, -0.05) is 48.5 Å². The van der Waals surface area contributed by atoms with Gasteiger partial charge < -0.3 is 9.47 Å². The lowest BCUT2D eigenvalue weighted by Gasteiger charge is -2.35. The molecule has 1 aliphatic carbocycles. The third-order valence-corrected chi connectivity index (χ3v) is 9.19. The molecule has 7 heteroatoms. The molecule has 0 unspecified atom stereocenters. The quantitative estimate of drug-likeness (QED) is 0.418. The van der Waals surface area contributed by atoms with Crippen LogP contribution in [-0.2, 0) is 29.4 Å². The second kappa shape index (κ2) is 9.13. The lowest BCUT2D eigenvalue weighted by molar-refractivity contribution is 0.381. The Morgan fingerprint density at radius 1 is 0.771 bits per heavy atom. The number of sulfonamides is 1. The molecule has 1 aliphatic heterocycles. The van der Waals surface area contributed by atoms with Crippen LogP contribution in [0.3, 0.4) is 0 Å². The third kappa shape index (κ3) is 4.23. The van der Waals surface area contributed by atoms with E-state index in [0.29, 0.717) is 31.1 Å². The summed E-state index contributed by atoms with van der Waals surface area (Å²) in [5.41, 5.74) is 5.77. The predicted octanol–water partition coefficient (Wildman–Crippen LogP) is 4.47. The summed E-state index contributed by atoms with van der Waals surface area (Å²) in [6.45, 7) is 2.86. The molecule has 1 fully saturated rings. The van der Waals surface area contributed by atoms with Crippen molar-refractivity contribution in [1.29, 1.82) is 0 Å². The molecule has 4 aromatic rings. The van der Waals surface area contributed by atoms with Crippen molar-refractivity contribution in [2.45, 2.75) is 37.1 Å². The van der Waals surface area contributed by atoms with E-state index in [4.69, 9.17) is 4.98 Å². The minimum absolute atomic E-state index is 0.433. The molecule has 0 spiro atoms. The lowest BCUT2D eigenvalue weighted by Crippen LogP contribution is -2.49. The second-order valence-electron chi connectivity index (χ2n) is 9.50. The van der Waals surface area contributed by atoms with Crippen LogP contribution in [0.4, 0.5) is 5.95 Å². The van der Waals surface area contributed by atoms with E-state index < -0.39 is 10.0 Å². The van der Waals surface area contributed by atoms with Gasteiger partial charge in [-0.25, -0.2) is 13.4 Å². The van der Waals surface area contributed by atoms with Crippen LogP contribution in [0.2, 0.25) is 0 Å². The molecule has 1 aromatic heterocycles. The molecule has 6 rings (SSSR count). The lowest BCUT2D eigenvalue weighted by atomic mass is 9.92. The number of benzene rings is 3. The van der Waals surface area contributed by atoms with E-state index in [1.165, 1.54) is 23.1 Å². The maximum Gasteiger partial charge on any atom is 0.243 e. The highest BCUT2D eigenvalue weighted by Crippen LogP contribution is 2.28. The Balaban J connectivity index is 1.24. The first-order valence-electron chi connectivity index (χ1n) is 12.5. The molecular weight excluding hydrogens is 456 g/mol. The summed E-state index contributed by atoms with van der Waals surface area (Å²) in [6, 6.07) is 24.3. The summed E-state index contributed by atoms with van der Waals surface area (Å²) >= 11 is 0. The van der Waals surface area contributed by atoms with Gasteiger partial charge in [0.05, 0.1) is 22.5 Å². The van der Waals surface area contributed by atoms with E-state index in [1.807, 2.05) is 36.4 Å². The van der Waals surface area contributed by atoms with Crippen molar-refractivity contribution in [3.05, 3.63) is 89.5 Å². The molecule has 180 valence electrons. The third-order valence-electron chi connectivity index (χ3n) is 7.30. The van der Waals surface area contributed by atoms with Crippen molar-refractivity contribution < 1.29 is 8.42 Å². The number of imidazole rings is 1. The highest BCUT2D eigenvalue weighted by molar-refractivity contribution is 7.89. The van der Waals surface area contributed by atoms with Crippen molar-refractivity contribution in [3.63, 3.8) is 0 Å². The molecule has 3 aromatic carbocycles.